The molecule has 0 aliphatic carbocycles. The zero-order valence-corrected chi connectivity index (χ0v) is 10.1. The fraction of sp³-hybridized carbons (Fsp3) is 0.231. The highest BCUT2D eigenvalue weighted by atomic mass is 16.4. The fourth-order valence-electron chi connectivity index (χ4n) is 1.36. The van der Waals surface area contributed by atoms with E-state index in [4.69, 9.17) is 15.3 Å². The number of amides is 1. The zero-order chi connectivity index (χ0) is 14.3. The summed E-state index contributed by atoms with van der Waals surface area (Å²) in [6.07, 6.45) is 2.64. The van der Waals surface area contributed by atoms with Gasteiger partial charge >= 0.3 is 5.97 Å². The first-order valence-electron chi connectivity index (χ1n) is 5.64. The van der Waals surface area contributed by atoms with Crippen molar-refractivity contribution in [3.63, 3.8) is 0 Å². The molecule has 1 rings (SSSR count). The van der Waals surface area contributed by atoms with Crippen LogP contribution in [0.15, 0.2) is 30.3 Å². The van der Waals surface area contributed by atoms with Gasteiger partial charge in [-0.25, -0.2) is 4.79 Å². The molecule has 6 nitrogen and oxygen atoms in total. The summed E-state index contributed by atoms with van der Waals surface area (Å²) in [5.41, 5.74) is 0.696. The van der Waals surface area contributed by atoms with E-state index in [1.807, 2.05) is 0 Å². The Bertz CT molecular complexity index is 466. The summed E-state index contributed by atoms with van der Waals surface area (Å²) in [6, 6.07) is 5.07. The van der Waals surface area contributed by atoms with Gasteiger partial charge in [0.1, 0.15) is 11.8 Å². The highest BCUT2D eigenvalue weighted by molar-refractivity contribution is 5.94. The second kappa shape index (κ2) is 7.17. The van der Waals surface area contributed by atoms with Crippen molar-refractivity contribution in [2.45, 2.75) is 12.5 Å². The number of aliphatic hydroxyl groups excluding tert-OH is 1. The number of hydrogen-bond acceptors (Lipinski definition) is 4. The molecule has 0 saturated carbocycles. The van der Waals surface area contributed by atoms with Crippen LogP contribution in [0.2, 0.25) is 0 Å². The van der Waals surface area contributed by atoms with Gasteiger partial charge in [-0.3, -0.25) is 4.79 Å². The molecule has 0 saturated heterocycles. The first-order valence-corrected chi connectivity index (χ1v) is 5.64. The van der Waals surface area contributed by atoms with E-state index < -0.39 is 17.9 Å². The van der Waals surface area contributed by atoms with Gasteiger partial charge in [0, 0.05) is 19.1 Å². The minimum atomic E-state index is -1.19. The summed E-state index contributed by atoms with van der Waals surface area (Å²) in [7, 11) is 0. The van der Waals surface area contributed by atoms with Crippen molar-refractivity contribution in [1.82, 2.24) is 5.32 Å². The van der Waals surface area contributed by atoms with Gasteiger partial charge in [-0.05, 0) is 23.8 Å². The second-order valence-corrected chi connectivity index (χ2v) is 3.84. The maximum atomic E-state index is 11.5. The first-order chi connectivity index (χ1) is 9.02. The molecule has 6 heteroatoms. The lowest BCUT2D eigenvalue weighted by Gasteiger charge is -2.11. The van der Waals surface area contributed by atoms with E-state index in [2.05, 4.69) is 5.32 Å². The lowest BCUT2D eigenvalue weighted by Crippen LogP contribution is -2.40. The van der Waals surface area contributed by atoms with Crippen LogP contribution in [0, 0.1) is 0 Å². The standard InChI is InChI=1S/C13H15NO5/c15-8-7-11(13(18)19)14-12(17)6-3-9-1-4-10(16)5-2-9/h1-6,11,15-16H,7-8H2,(H,14,17)(H,18,19)/b6-3+/t11-/m0/s1. The number of carboxylic acid groups (broad SMARTS) is 1. The maximum absolute atomic E-state index is 11.5. The molecule has 0 heterocycles. The highest BCUT2D eigenvalue weighted by Crippen LogP contribution is 2.10. The summed E-state index contributed by atoms with van der Waals surface area (Å²) in [4.78, 5) is 22.2. The third-order valence-electron chi connectivity index (χ3n) is 2.35. The van der Waals surface area contributed by atoms with E-state index in [9.17, 15) is 9.59 Å². The molecule has 1 aromatic carbocycles. The Morgan fingerprint density at radius 2 is 1.89 bits per heavy atom. The average Bonchev–Trinajstić information content (AvgIpc) is 2.37. The van der Waals surface area contributed by atoms with Gasteiger partial charge in [-0.2, -0.15) is 0 Å². The number of carbonyl (C=O) groups excluding carboxylic acids is 1. The van der Waals surface area contributed by atoms with Crippen LogP contribution in [0.1, 0.15) is 12.0 Å². The largest absolute Gasteiger partial charge is 0.508 e. The summed E-state index contributed by atoms with van der Waals surface area (Å²) in [5, 5.41) is 28.8. The predicted octanol–water partition coefficient (Wildman–Crippen LogP) is 0.357. The number of phenolic OH excluding ortho intramolecular Hbond substituents is 1. The lowest BCUT2D eigenvalue weighted by molar-refractivity contribution is -0.141. The van der Waals surface area contributed by atoms with E-state index in [0.29, 0.717) is 5.56 Å². The second-order valence-electron chi connectivity index (χ2n) is 3.84. The van der Waals surface area contributed by atoms with Crippen LogP contribution in [0.4, 0.5) is 0 Å². The molecule has 0 spiro atoms. The number of phenols is 1. The Morgan fingerprint density at radius 1 is 1.26 bits per heavy atom. The van der Waals surface area contributed by atoms with E-state index in [1.54, 1.807) is 12.1 Å². The molecular weight excluding hydrogens is 250 g/mol. The van der Waals surface area contributed by atoms with Gasteiger partial charge in [-0.15, -0.1) is 0 Å². The van der Waals surface area contributed by atoms with Crippen LogP contribution in [0.5, 0.6) is 5.75 Å². The number of carbonyl (C=O) groups is 2. The topological polar surface area (TPSA) is 107 Å². The fourth-order valence-corrected chi connectivity index (χ4v) is 1.36. The Hall–Kier alpha value is -2.34. The summed E-state index contributed by atoms with van der Waals surface area (Å²) >= 11 is 0. The molecule has 0 aliphatic heterocycles. The summed E-state index contributed by atoms with van der Waals surface area (Å²) < 4.78 is 0. The maximum Gasteiger partial charge on any atom is 0.326 e. The van der Waals surface area contributed by atoms with Gasteiger partial charge in [0.05, 0.1) is 0 Å². The quantitative estimate of drug-likeness (QED) is 0.555. The number of aromatic hydroxyl groups is 1. The number of aliphatic hydroxyl groups is 1. The van der Waals surface area contributed by atoms with Gasteiger partial charge < -0.3 is 20.6 Å². The monoisotopic (exact) mass is 265 g/mol. The minimum absolute atomic E-state index is 0.0475. The molecule has 4 N–H and O–H groups in total. The van der Waals surface area contributed by atoms with E-state index in [-0.39, 0.29) is 18.8 Å². The van der Waals surface area contributed by atoms with Gasteiger partial charge in [-0.1, -0.05) is 12.1 Å². The molecule has 0 unspecified atom stereocenters. The Kier molecular flexibility index (Phi) is 5.56. The normalized spacial score (nSPS) is 12.3. The number of nitrogens with one attached hydrogen (secondary N) is 1. The van der Waals surface area contributed by atoms with Crippen molar-refractivity contribution >= 4 is 18.0 Å². The van der Waals surface area contributed by atoms with Crippen LogP contribution < -0.4 is 5.32 Å². The summed E-state index contributed by atoms with van der Waals surface area (Å²) in [5.74, 6) is -1.63. The molecular formula is C13H15NO5. The number of carboxylic acids is 1. The van der Waals surface area contributed by atoms with Crippen molar-refractivity contribution in [2.24, 2.45) is 0 Å². The molecule has 102 valence electrons. The highest BCUT2D eigenvalue weighted by Gasteiger charge is 2.17. The Balaban J connectivity index is 2.58. The molecule has 0 bridgehead atoms. The van der Waals surface area contributed by atoms with Gasteiger partial charge in [0.25, 0.3) is 0 Å². The molecule has 1 amide bonds. The van der Waals surface area contributed by atoms with Crippen LogP contribution in [-0.4, -0.2) is 39.8 Å². The number of hydrogen-bond donors (Lipinski definition) is 4. The molecule has 0 aromatic heterocycles. The molecule has 0 radical (unpaired) electrons. The number of benzene rings is 1. The van der Waals surface area contributed by atoms with Crippen LogP contribution >= 0.6 is 0 Å². The van der Waals surface area contributed by atoms with Crippen molar-refractivity contribution in [3.05, 3.63) is 35.9 Å². The third-order valence-corrected chi connectivity index (χ3v) is 2.35. The number of rotatable bonds is 6. The van der Waals surface area contributed by atoms with E-state index in [0.717, 1.165) is 0 Å². The van der Waals surface area contributed by atoms with Crippen molar-refractivity contribution in [2.75, 3.05) is 6.61 Å². The van der Waals surface area contributed by atoms with Crippen molar-refractivity contribution < 1.29 is 24.9 Å². The predicted molar refractivity (Wildman–Crippen MR) is 68.4 cm³/mol. The van der Waals surface area contributed by atoms with Gasteiger partial charge in [0.15, 0.2) is 0 Å². The lowest BCUT2D eigenvalue weighted by atomic mass is 10.2. The summed E-state index contributed by atoms with van der Waals surface area (Å²) in [6.45, 7) is -0.321. The van der Waals surface area contributed by atoms with Crippen LogP contribution in [0.3, 0.4) is 0 Å². The number of aliphatic carboxylic acids is 1. The molecule has 19 heavy (non-hydrogen) atoms. The average molecular weight is 265 g/mol. The SMILES string of the molecule is O=C(/C=C/c1ccc(O)cc1)N[C@@H](CCO)C(=O)O. The van der Waals surface area contributed by atoms with E-state index >= 15 is 0 Å². The van der Waals surface area contributed by atoms with Crippen molar-refractivity contribution in [1.29, 1.82) is 0 Å². The zero-order valence-electron chi connectivity index (χ0n) is 10.1. The smallest absolute Gasteiger partial charge is 0.326 e. The Labute approximate surface area is 110 Å². The first kappa shape index (κ1) is 14.7. The molecule has 1 atom stereocenters. The van der Waals surface area contributed by atoms with Crippen molar-refractivity contribution in [3.8, 4) is 5.75 Å². The molecule has 0 aliphatic rings. The van der Waals surface area contributed by atoms with E-state index in [1.165, 1.54) is 24.3 Å². The van der Waals surface area contributed by atoms with Gasteiger partial charge in [0.2, 0.25) is 5.91 Å². The molecule has 1 aromatic rings. The van der Waals surface area contributed by atoms with Crippen LogP contribution in [-0.2, 0) is 9.59 Å². The Morgan fingerprint density at radius 3 is 2.42 bits per heavy atom. The van der Waals surface area contributed by atoms with Crippen LogP contribution in [0.25, 0.3) is 6.08 Å². The molecule has 0 fully saturated rings. The third kappa shape index (κ3) is 5.22. The minimum Gasteiger partial charge on any atom is -0.508 e.